The monoisotopic (exact) mass is 522 g/mol. The van der Waals surface area contributed by atoms with Gasteiger partial charge in [-0.2, -0.15) is 0 Å². The van der Waals surface area contributed by atoms with E-state index in [2.05, 4.69) is 10.6 Å². The van der Waals surface area contributed by atoms with Gasteiger partial charge in [0.15, 0.2) is 0 Å². The van der Waals surface area contributed by atoms with Crippen LogP contribution < -0.4 is 16.4 Å². The van der Waals surface area contributed by atoms with Gasteiger partial charge in [-0.25, -0.2) is 4.79 Å². The second-order valence-corrected chi connectivity index (χ2v) is 11.8. The SMILES string of the molecule is CCCC(NC(=O)[C@@H]1C(C(C)C)CCN1C(=O)[C@@H](NC(=O)OC(C)(C)C)C1CCCCC1)C(=O)C(N)=O. The number of likely N-dealkylation sites (tertiary alicyclic amines) is 1. The maximum absolute atomic E-state index is 14.0. The molecule has 2 fully saturated rings. The van der Waals surface area contributed by atoms with Crippen molar-refractivity contribution in [3.8, 4) is 0 Å². The van der Waals surface area contributed by atoms with Gasteiger partial charge in [-0.3, -0.25) is 19.2 Å². The molecule has 1 heterocycles. The van der Waals surface area contributed by atoms with E-state index >= 15 is 0 Å². The lowest BCUT2D eigenvalue weighted by molar-refractivity contribution is -0.144. The van der Waals surface area contributed by atoms with Crippen LogP contribution in [0.25, 0.3) is 0 Å². The van der Waals surface area contributed by atoms with Crippen molar-refractivity contribution in [1.29, 1.82) is 0 Å². The van der Waals surface area contributed by atoms with Crippen LogP contribution in [-0.2, 0) is 23.9 Å². The largest absolute Gasteiger partial charge is 0.444 e. The minimum Gasteiger partial charge on any atom is -0.444 e. The van der Waals surface area contributed by atoms with E-state index < -0.39 is 47.4 Å². The smallest absolute Gasteiger partial charge is 0.408 e. The summed E-state index contributed by atoms with van der Waals surface area (Å²) >= 11 is 0. The summed E-state index contributed by atoms with van der Waals surface area (Å²) in [7, 11) is 0. The molecule has 0 spiro atoms. The zero-order valence-electron chi connectivity index (χ0n) is 23.3. The minimum atomic E-state index is -1.10. The summed E-state index contributed by atoms with van der Waals surface area (Å²) in [5.41, 5.74) is 4.49. The summed E-state index contributed by atoms with van der Waals surface area (Å²) in [6.45, 7) is 11.5. The number of ketones is 1. The number of nitrogens with zero attached hydrogens (tertiary/aromatic N) is 1. The third-order valence-electron chi connectivity index (χ3n) is 7.37. The molecule has 37 heavy (non-hydrogen) atoms. The van der Waals surface area contributed by atoms with Gasteiger partial charge in [-0.05, 0) is 64.2 Å². The van der Waals surface area contributed by atoms with Crippen molar-refractivity contribution in [3.63, 3.8) is 0 Å². The highest BCUT2D eigenvalue weighted by Gasteiger charge is 2.47. The highest BCUT2D eigenvalue weighted by molar-refractivity contribution is 6.37. The van der Waals surface area contributed by atoms with Crippen LogP contribution in [0.5, 0.6) is 0 Å². The Balaban J connectivity index is 2.34. The van der Waals surface area contributed by atoms with Crippen molar-refractivity contribution in [2.75, 3.05) is 6.54 Å². The number of primary amides is 1. The first kappa shape index (κ1) is 30.6. The first-order valence-electron chi connectivity index (χ1n) is 13.7. The van der Waals surface area contributed by atoms with Gasteiger partial charge in [0.2, 0.25) is 17.6 Å². The van der Waals surface area contributed by atoms with E-state index in [-0.39, 0.29) is 30.1 Å². The summed E-state index contributed by atoms with van der Waals surface area (Å²) in [6, 6.07) is -2.66. The van der Waals surface area contributed by atoms with Gasteiger partial charge < -0.3 is 26.0 Å². The summed E-state index contributed by atoms with van der Waals surface area (Å²) in [6.07, 6.45) is 5.42. The molecule has 0 aromatic rings. The van der Waals surface area contributed by atoms with Gasteiger partial charge in [0.25, 0.3) is 5.91 Å². The third kappa shape index (κ3) is 8.43. The predicted molar refractivity (Wildman–Crippen MR) is 139 cm³/mol. The van der Waals surface area contributed by atoms with Crippen molar-refractivity contribution in [2.24, 2.45) is 23.5 Å². The van der Waals surface area contributed by atoms with Gasteiger partial charge >= 0.3 is 6.09 Å². The number of nitrogens with two attached hydrogens (primary N) is 1. The molecular formula is C27H46N4O6. The van der Waals surface area contributed by atoms with Crippen LogP contribution in [0.4, 0.5) is 4.79 Å². The Morgan fingerprint density at radius 3 is 2.14 bits per heavy atom. The molecule has 0 aromatic heterocycles. The first-order chi connectivity index (χ1) is 17.3. The Morgan fingerprint density at radius 1 is 1.00 bits per heavy atom. The lowest BCUT2D eigenvalue weighted by Crippen LogP contribution is -2.59. The number of alkyl carbamates (subject to hydrolysis) is 1. The number of Topliss-reactive ketones (excluding diaryl/α,β-unsaturated/α-hetero) is 1. The fraction of sp³-hybridized carbons (Fsp3) is 0.815. The number of ether oxygens (including phenoxy) is 1. The Bertz CT molecular complexity index is 846. The third-order valence-corrected chi connectivity index (χ3v) is 7.37. The summed E-state index contributed by atoms with van der Waals surface area (Å²) in [5.74, 6) is -2.83. The van der Waals surface area contributed by atoms with E-state index in [1.54, 1.807) is 25.7 Å². The molecule has 10 nitrogen and oxygen atoms in total. The number of nitrogens with one attached hydrogen (secondary N) is 2. The van der Waals surface area contributed by atoms with E-state index in [1.807, 2.05) is 20.8 Å². The second-order valence-electron chi connectivity index (χ2n) is 11.8. The fourth-order valence-corrected chi connectivity index (χ4v) is 5.55. The maximum atomic E-state index is 14.0. The van der Waals surface area contributed by atoms with E-state index in [4.69, 9.17) is 10.5 Å². The summed E-state index contributed by atoms with van der Waals surface area (Å²) in [4.78, 5) is 65.7. The van der Waals surface area contributed by atoms with Crippen molar-refractivity contribution in [2.45, 2.75) is 117 Å². The molecule has 0 bridgehead atoms. The van der Waals surface area contributed by atoms with Gasteiger partial charge in [-0.15, -0.1) is 0 Å². The van der Waals surface area contributed by atoms with E-state index in [9.17, 15) is 24.0 Å². The standard InChI is InChI=1S/C27H46N4O6/c1-7-11-19(22(32)23(28)33)29-24(34)21-18(16(2)3)14-15-31(21)25(35)20(17-12-9-8-10-13-17)30-26(36)37-27(4,5)6/h16-21H,7-15H2,1-6H3,(H2,28,33)(H,29,34)(H,30,36)/t18?,19?,20-,21-/m0/s1. The molecule has 2 unspecified atom stereocenters. The lowest BCUT2D eigenvalue weighted by Gasteiger charge is -2.36. The van der Waals surface area contributed by atoms with Crippen LogP contribution in [0, 0.1) is 17.8 Å². The molecule has 0 radical (unpaired) electrons. The molecular weight excluding hydrogens is 476 g/mol. The quantitative estimate of drug-likeness (QED) is 0.376. The lowest BCUT2D eigenvalue weighted by atomic mass is 9.83. The van der Waals surface area contributed by atoms with Crippen LogP contribution in [-0.4, -0.2) is 64.8 Å². The average molecular weight is 523 g/mol. The molecule has 1 saturated carbocycles. The van der Waals surface area contributed by atoms with Crippen molar-refractivity contribution in [1.82, 2.24) is 15.5 Å². The number of rotatable bonds is 10. The fourth-order valence-electron chi connectivity index (χ4n) is 5.55. The molecule has 2 aliphatic rings. The predicted octanol–water partition coefficient (Wildman–Crippen LogP) is 2.67. The molecule has 0 aromatic carbocycles. The van der Waals surface area contributed by atoms with Gasteiger partial charge in [0, 0.05) is 6.54 Å². The molecule has 1 aliphatic heterocycles. The van der Waals surface area contributed by atoms with Gasteiger partial charge in [0.05, 0.1) is 6.04 Å². The van der Waals surface area contributed by atoms with Gasteiger partial charge in [0.1, 0.15) is 17.7 Å². The molecule has 1 saturated heterocycles. The molecule has 10 heteroatoms. The zero-order chi connectivity index (χ0) is 27.9. The summed E-state index contributed by atoms with van der Waals surface area (Å²) in [5, 5.41) is 5.52. The number of amides is 4. The Labute approximate surface area is 220 Å². The topological polar surface area (TPSA) is 148 Å². The Kier molecular flexibility index (Phi) is 10.9. The van der Waals surface area contributed by atoms with Crippen molar-refractivity contribution in [3.05, 3.63) is 0 Å². The normalized spacial score (nSPS) is 22.3. The molecule has 4 amide bonds. The average Bonchev–Trinajstić information content (AvgIpc) is 3.26. The van der Waals surface area contributed by atoms with E-state index in [1.165, 1.54) is 0 Å². The van der Waals surface area contributed by atoms with Crippen LogP contribution in [0.15, 0.2) is 0 Å². The number of carbonyl (C=O) groups is 5. The Morgan fingerprint density at radius 2 is 1.62 bits per heavy atom. The minimum absolute atomic E-state index is 0.0557. The molecule has 4 atom stereocenters. The second kappa shape index (κ2) is 13.2. The highest BCUT2D eigenvalue weighted by atomic mass is 16.6. The zero-order valence-corrected chi connectivity index (χ0v) is 23.3. The number of hydrogen-bond donors (Lipinski definition) is 3. The van der Waals surface area contributed by atoms with Crippen LogP contribution in [0.2, 0.25) is 0 Å². The van der Waals surface area contributed by atoms with Crippen molar-refractivity contribution >= 4 is 29.6 Å². The maximum Gasteiger partial charge on any atom is 0.408 e. The van der Waals surface area contributed by atoms with E-state index in [0.717, 1.165) is 32.1 Å². The molecule has 1 aliphatic carbocycles. The number of carbonyl (C=O) groups excluding carboxylic acids is 5. The van der Waals surface area contributed by atoms with Crippen LogP contribution in [0.3, 0.4) is 0 Å². The van der Waals surface area contributed by atoms with Crippen LogP contribution in [0.1, 0.15) is 92.9 Å². The van der Waals surface area contributed by atoms with E-state index in [0.29, 0.717) is 19.4 Å². The van der Waals surface area contributed by atoms with Crippen molar-refractivity contribution < 1.29 is 28.7 Å². The Hall–Kier alpha value is -2.65. The summed E-state index contributed by atoms with van der Waals surface area (Å²) < 4.78 is 5.45. The first-order valence-corrected chi connectivity index (χ1v) is 13.7. The highest BCUT2D eigenvalue weighted by Crippen LogP contribution is 2.34. The molecule has 210 valence electrons. The molecule has 2 rings (SSSR count). The number of hydrogen-bond acceptors (Lipinski definition) is 6. The molecule has 4 N–H and O–H groups in total. The van der Waals surface area contributed by atoms with Gasteiger partial charge in [-0.1, -0.05) is 46.5 Å². The van der Waals surface area contributed by atoms with Crippen LogP contribution >= 0.6 is 0 Å².